The number of hydrogen-bond acceptors (Lipinski definition) is 4. The monoisotopic (exact) mass is 422 g/mol. The summed E-state index contributed by atoms with van der Waals surface area (Å²) >= 11 is 0. The first-order chi connectivity index (χ1) is 13.4. The zero-order valence-electron chi connectivity index (χ0n) is 20.0. The predicted octanol–water partition coefficient (Wildman–Crippen LogP) is 6.24. The fourth-order valence-corrected chi connectivity index (χ4v) is 3.90. The number of ketones is 1. The van der Waals surface area contributed by atoms with Crippen LogP contribution in [0.4, 0.5) is 0 Å². The summed E-state index contributed by atoms with van der Waals surface area (Å²) in [5.41, 5.74) is 1.08. The van der Waals surface area contributed by atoms with Gasteiger partial charge in [0.1, 0.15) is 11.5 Å². The maximum Gasteiger partial charge on any atom is 0.191 e. The van der Waals surface area contributed by atoms with E-state index in [0.29, 0.717) is 12.5 Å². The van der Waals surface area contributed by atoms with Crippen molar-refractivity contribution in [3.8, 4) is 5.75 Å². The zero-order valence-corrected chi connectivity index (χ0v) is 21.0. The van der Waals surface area contributed by atoms with Gasteiger partial charge in [-0.2, -0.15) is 0 Å². The van der Waals surface area contributed by atoms with Gasteiger partial charge in [-0.25, -0.2) is 0 Å². The first-order valence-corrected chi connectivity index (χ1v) is 13.7. The molecule has 4 nitrogen and oxygen atoms in total. The summed E-state index contributed by atoms with van der Waals surface area (Å²) in [7, 11) is -0.0676. The summed E-state index contributed by atoms with van der Waals surface area (Å²) in [5, 5.41) is 0.222. The van der Waals surface area contributed by atoms with Crippen LogP contribution in [0.2, 0.25) is 18.1 Å². The van der Waals surface area contributed by atoms with Crippen LogP contribution in [0.1, 0.15) is 59.9 Å². The molecule has 0 N–H and O–H groups in total. The first-order valence-electron chi connectivity index (χ1n) is 10.8. The van der Waals surface area contributed by atoms with Gasteiger partial charge in [-0.05, 0) is 61.5 Å². The van der Waals surface area contributed by atoms with E-state index in [4.69, 9.17) is 13.9 Å². The Balaban J connectivity index is 2.60. The number of ether oxygens (including phenoxy) is 2. The summed E-state index contributed by atoms with van der Waals surface area (Å²) in [4.78, 5) is 12.0. The Hall–Kier alpha value is -1.17. The molecule has 166 valence electrons. The number of carbonyl (C=O) groups is 1. The summed E-state index contributed by atoms with van der Waals surface area (Å²) in [5.74, 6) is 1.34. The molecule has 5 heteroatoms. The predicted molar refractivity (Wildman–Crippen MR) is 123 cm³/mol. The molecule has 0 spiro atoms. The van der Waals surface area contributed by atoms with E-state index >= 15 is 0 Å². The summed E-state index contributed by atoms with van der Waals surface area (Å²) in [6.45, 7) is 18.5. The fraction of sp³-hybridized carbons (Fsp3) is 0.708. The standard InChI is InChI=1S/C24H42O4Si/c1-18(16-28-29(8,9)24(4,5)6)10-15-23(19(2)20(3)25)27-17-21-11-13-22(26-7)14-12-21/h11-14,18-19,23H,10,15-17H2,1-9H3/t18-,19-,23+/m1/s1. The molecule has 0 saturated heterocycles. The van der Waals surface area contributed by atoms with Crippen molar-refractivity contribution in [3.63, 3.8) is 0 Å². The molecule has 0 unspecified atom stereocenters. The van der Waals surface area contributed by atoms with Crippen molar-refractivity contribution in [1.82, 2.24) is 0 Å². The Morgan fingerprint density at radius 3 is 2.14 bits per heavy atom. The normalized spacial score (nSPS) is 15.6. The first kappa shape index (κ1) is 25.9. The lowest BCUT2D eigenvalue weighted by molar-refractivity contribution is -0.126. The molecule has 3 atom stereocenters. The molecule has 0 radical (unpaired) electrons. The van der Waals surface area contributed by atoms with E-state index in [9.17, 15) is 4.79 Å². The molecule has 0 aromatic heterocycles. The Morgan fingerprint density at radius 1 is 1.07 bits per heavy atom. The van der Waals surface area contributed by atoms with Crippen LogP contribution in [0.3, 0.4) is 0 Å². The van der Waals surface area contributed by atoms with E-state index in [-0.39, 0.29) is 22.8 Å². The van der Waals surface area contributed by atoms with Crippen LogP contribution in [0, 0.1) is 11.8 Å². The van der Waals surface area contributed by atoms with Gasteiger partial charge in [-0.3, -0.25) is 4.79 Å². The van der Waals surface area contributed by atoms with E-state index in [2.05, 4.69) is 40.8 Å². The van der Waals surface area contributed by atoms with Gasteiger partial charge >= 0.3 is 0 Å². The second-order valence-corrected chi connectivity index (χ2v) is 14.7. The van der Waals surface area contributed by atoms with Gasteiger partial charge in [0, 0.05) is 12.5 Å². The largest absolute Gasteiger partial charge is 0.497 e. The van der Waals surface area contributed by atoms with Crippen LogP contribution >= 0.6 is 0 Å². The maximum atomic E-state index is 12.0. The minimum atomic E-state index is -1.73. The van der Waals surface area contributed by atoms with Gasteiger partial charge in [0.2, 0.25) is 0 Å². The van der Waals surface area contributed by atoms with Gasteiger partial charge in [-0.15, -0.1) is 0 Å². The van der Waals surface area contributed by atoms with E-state index in [1.807, 2.05) is 31.2 Å². The zero-order chi connectivity index (χ0) is 22.2. The minimum Gasteiger partial charge on any atom is -0.497 e. The second-order valence-electron chi connectivity index (χ2n) is 9.85. The van der Waals surface area contributed by atoms with Crippen LogP contribution in [0.25, 0.3) is 0 Å². The highest BCUT2D eigenvalue weighted by molar-refractivity contribution is 6.74. The number of benzene rings is 1. The average Bonchev–Trinajstić information content (AvgIpc) is 2.65. The molecule has 1 rings (SSSR count). The molecule has 1 aromatic rings. The number of Topliss-reactive ketones (excluding diaryl/α,β-unsaturated/α-hetero) is 1. The Bertz CT molecular complexity index is 619. The van der Waals surface area contributed by atoms with Crippen LogP contribution in [0.15, 0.2) is 24.3 Å². The van der Waals surface area contributed by atoms with Crippen molar-refractivity contribution in [1.29, 1.82) is 0 Å². The van der Waals surface area contributed by atoms with Crippen LogP contribution in [-0.2, 0) is 20.6 Å². The maximum absolute atomic E-state index is 12.0. The number of carbonyl (C=O) groups excluding carboxylic acids is 1. The highest BCUT2D eigenvalue weighted by Gasteiger charge is 2.37. The third-order valence-corrected chi connectivity index (χ3v) is 10.8. The van der Waals surface area contributed by atoms with Crippen molar-refractivity contribution in [2.75, 3.05) is 13.7 Å². The topological polar surface area (TPSA) is 44.8 Å². The van der Waals surface area contributed by atoms with E-state index in [0.717, 1.165) is 30.8 Å². The SMILES string of the molecule is COc1ccc(CO[C@@H](CC[C@@H](C)CO[Si](C)(C)C(C)(C)C)[C@H](C)C(C)=O)cc1. The quantitative estimate of drug-likeness (QED) is 0.374. The van der Waals surface area contributed by atoms with Crippen LogP contribution < -0.4 is 4.74 Å². The molecule has 0 aliphatic carbocycles. The fourth-order valence-electron chi connectivity index (χ4n) is 2.76. The van der Waals surface area contributed by atoms with Crippen molar-refractivity contribution in [2.24, 2.45) is 11.8 Å². The molecule has 0 bridgehead atoms. The molecular weight excluding hydrogens is 380 g/mol. The Labute approximate surface area is 179 Å². The van der Waals surface area contributed by atoms with Gasteiger partial charge in [0.05, 0.1) is 19.8 Å². The summed E-state index contributed by atoms with van der Waals surface area (Å²) < 4.78 is 17.7. The van der Waals surface area contributed by atoms with Gasteiger partial charge in [-0.1, -0.05) is 46.8 Å². The number of hydrogen-bond donors (Lipinski definition) is 0. The summed E-state index contributed by atoms with van der Waals surface area (Å²) in [6, 6.07) is 7.87. The van der Waals surface area contributed by atoms with Crippen molar-refractivity contribution < 1.29 is 18.7 Å². The Morgan fingerprint density at radius 2 is 1.66 bits per heavy atom. The van der Waals surface area contributed by atoms with Crippen LogP contribution in [0.5, 0.6) is 5.75 Å². The lowest BCUT2D eigenvalue weighted by atomic mass is 9.93. The van der Waals surface area contributed by atoms with E-state index in [1.165, 1.54) is 0 Å². The highest BCUT2D eigenvalue weighted by Crippen LogP contribution is 2.37. The van der Waals surface area contributed by atoms with E-state index in [1.54, 1.807) is 14.0 Å². The molecule has 29 heavy (non-hydrogen) atoms. The molecule has 0 fully saturated rings. The lowest BCUT2D eigenvalue weighted by Gasteiger charge is -2.37. The molecule has 1 aromatic carbocycles. The molecule has 0 amide bonds. The van der Waals surface area contributed by atoms with Crippen molar-refractivity contribution in [3.05, 3.63) is 29.8 Å². The second kappa shape index (κ2) is 11.3. The van der Waals surface area contributed by atoms with Gasteiger partial charge < -0.3 is 13.9 Å². The Kier molecular flexibility index (Phi) is 10.1. The molecule has 0 aliphatic heterocycles. The number of methoxy groups -OCH3 is 1. The lowest BCUT2D eigenvalue weighted by Crippen LogP contribution is -2.41. The van der Waals surface area contributed by atoms with Gasteiger partial charge in [0.15, 0.2) is 8.32 Å². The van der Waals surface area contributed by atoms with E-state index < -0.39 is 8.32 Å². The minimum absolute atomic E-state index is 0.0788. The number of rotatable bonds is 12. The third kappa shape index (κ3) is 8.61. The molecule has 0 heterocycles. The van der Waals surface area contributed by atoms with Crippen molar-refractivity contribution >= 4 is 14.1 Å². The van der Waals surface area contributed by atoms with Crippen LogP contribution in [-0.4, -0.2) is 33.9 Å². The molecular formula is C24H42O4Si. The van der Waals surface area contributed by atoms with Gasteiger partial charge in [0.25, 0.3) is 0 Å². The van der Waals surface area contributed by atoms with Crippen molar-refractivity contribution in [2.45, 2.75) is 85.2 Å². The highest BCUT2D eigenvalue weighted by atomic mass is 28.4. The molecule has 0 aliphatic rings. The molecule has 0 saturated carbocycles. The summed E-state index contributed by atoms with van der Waals surface area (Å²) in [6.07, 6.45) is 1.77. The average molecular weight is 423 g/mol. The smallest absolute Gasteiger partial charge is 0.191 e. The third-order valence-electron chi connectivity index (χ3n) is 6.30.